The van der Waals surface area contributed by atoms with Crippen LogP contribution >= 0.6 is 35.1 Å². The summed E-state index contributed by atoms with van der Waals surface area (Å²) in [5, 5.41) is 10.0. The highest BCUT2D eigenvalue weighted by atomic mass is 35.5. The molecule has 0 saturated heterocycles. The molecule has 0 amide bonds. The summed E-state index contributed by atoms with van der Waals surface area (Å²) in [6.45, 7) is 0. The second-order valence-corrected chi connectivity index (χ2v) is 8.12. The number of thioether (sulfide) groups is 2. The second-order valence-electron chi connectivity index (χ2n) is 5.94. The van der Waals surface area contributed by atoms with Gasteiger partial charge in [-0.1, -0.05) is 41.6 Å². The molecule has 0 aliphatic carbocycles. The van der Waals surface area contributed by atoms with Crippen molar-refractivity contribution in [3.63, 3.8) is 0 Å². The molecule has 0 spiro atoms. The zero-order valence-electron chi connectivity index (χ0n) is 14.8. The Morgan fingerprint density at radius 3 is 2.75 bits per heavy atom. The number of halogens is 2. The summed E-state index contributed by atoms with van der Waals surface area (Å²) in [5.41, 5.74) is 2.03. The van der Waals surface area contributed by atoms with Gasteiger partial charge in [0.25, 0.3) is 0 Å². The summed E-state index contributed by atoms with van der Waals surface area (Å²) < 4.78 is 15.3. The molecule has 142 valence electrons. The molecule has 0 fully saturated rings. The van der Waals surface area contributed by atoms with E-state index < -0.39 is 5.82 Å². The van der Waals surface area contributed by atoms with Crippen molar-refractivity contribution in [2.24, 2.45) is 0 Å². The van der Waals surface area contributed by atoms with E-state index in [4.69, 9.17) is 17.4 Å². The van der Waals surface area contributed by atoms with E-state index in [1.165, 1.54) is 22.5 Å². The molecular formula is C19H15ClFN5S2. The van der Waals surface area contributed by atoms with Crippen molar-refractivity contribution < 1.29 is 4.39 Å². The Balaban J connectivity index is 1.58. The molecule has 4 rings (SSSR count). The molecule has 0 aliphatic heterocycles. The van der Waals surface area contributed by atoms with Crippen LogP contribution in [0.25, 0.3) is 22.3 Å². The topological polar surface area (TPSA) is 69.6 Å². The number of aromatic nitrogens is 4. The minimum absolute atomic E-state index is 0.271. The van der Waals surface area contributed by atoms with Crippen molar-refractivity contribution in [2.75, 3.05) is 12.1 Å². The average Bonchev–Trinajstić information content (AvgIpc) is 3.06. The van der Waals surface area contributed by atoms with Crippen molar-refractivity contribution >= 4 is 46.0 Å². The summed E-state index contributed by atoms with van der Waals surface area (Å²) in [7, 11) is 0. The summed E-state index contributed by atoms with van der Waals surface area (Å²) >= 11 is 9.40. The number of hydrogen-bond donors (Lipinski definition) is 1. The van der Waals surface area contributed by atoms with Gasteiger partial charge in [-0.15, -0.1) is 22.0 Å². The molecule has 0 aliphatic rings. The number of nitrogens with two attached hydrogens (primary N) is 1. The third kappa shape index (κ3) is 3.67. The Morgan fingerprint density at radius 1 is 1.14 bits per heavy atom. The van der Waals surface area contributed by atoms with Gasteiger partial charge < -0.3 is 5.84 Å². The van der Waals surface area contributed by atoms with Crippen LogP contribution < -0.4 is 5.84 Å². The molecule has 2 heterocycles. The normalized spacial score (nSPS) is 11.2. The summed E-state index contributed by atoms with van der Waals surface area (Å²) in [4.78, 5) is 5.63. The highest BCUT2D eigenvalue weighted by Gasteiger charge is 2.16. The molecule has 0 unspecified atom stereocenters. The van der Waals surface area contributed by atoms with E-state index in [0.29, 0.717) is 21.6 Å². The number of fused-ring (bicyclic) bond motifs is 1. The van der Waals surface area contributed by atoms with E-state index in [2.05, 4.69) is 21.2 Å². The van der Waals surface area contributed by atoms with Gasteiger partial charge in [0.05, 0.1) is 11.1 Å². The highest BCUT2D eigenvalue weighted by molar-refractivity contribution is 7.98. The fraction of sp³-hybridized carbons (Fsp3) is 0.105. The highest BCUT2D eigenvalue weighted by Crippen LogP contribution is 2.30. The SMILES string of the molecule is CSc1ccc2cc(CSc3nnc(-c4ccccc4F)n3N)c(Cl)nc2c1. The van der Waals surface area contributed by atoms with Crippen LogP contribution in [-0.4, -0.2) is 26.1 Å². The van der Waals surface area contributed by atoms with Crippen LogP contribution in [0.15, 0.2) is 58.6 Å². The molecule has 0 radical (unpaired) electrons. The molecule has 0 atom stereocenters. The molecule has 0 bridgehead atoms. The van der Waals surface area contributed by atoms with Crippen molar-refractivity contribution in [1.82, 2.24) is 19.9 Å². The third-order valence-corrected chi connectivity index (χ3v) is 6.23. The van der Waals surface area contributed by atoms with Crippen molar-refractivity contribution in [3.05, 3.63) is 65.1 Å². The molecule has 0 saturated carbocycles. The van der Waals surface area contributed by atoms with Crippen LogP contribution in [0, 0.1) is 5.82 Å². The van der Waals surface area contributed by atoms with Crippen molar-refractivity contribution in [2.45, 2.75) is 15.8 Å². The first kappa shape index (κ1) is 19.0. The van der Waals surface area contributed by atoms with Crippen molar-refractivity contribution in [3.8, 4) is 11.4 Å². The number of nitrogen functional groups attached to an aromatic ring is 1. The zero-order valence-corrected chi connectivity index (χ0v) is 17.2. The van der Waals surface area contributed by atoms with Crippen molar-refractivity contribution in [1.29, 1.82) is 0 Å². The van der Waals surface area contributed by atoms with Gasteiger partial charge in [0.2, 0.25) is 5.16 Å². The standard InChI is InChI=1S/C19H15ClFN5S2/c1-27-13-7-6-11-8-12(17(20)23-16(11)9-13)10-28-19-25-24-18(26(19)22)14-4-2-3-5-15(14)21/h2-9H,10,22H2,1H3. The molecule has 28 heavy (non-hydrogen) atoms. The average molecular weight is 432 g/mol. The van der Waals surface area contributed by atoms with Crippen LogP contribution in [0.5, 0.6) is 0 Å². The summed E-state index contributed by atoms with van der Waals surface area (Å²) in [6.07, 6.45) is 2.02. The predicted octanol–water partition coefficient (Wildman–Crippen LogP) is 5.01. The lowest BCUT2D eigenvalue weighted by molar-refractivity contribution is 0.629. The largest absolute Gasteiger partial charge is 0.335 e. The fourth-order valence-electron chi connectivity index (χ4n) is 2.74. The summed E-state index contributed by atoms with van der Waals surface area (Å²) in [6, 6.07) is 14.4. The number of pyridine rings is 1. The first-order valence-electron chi connectivity index (χ1n) is 8.28. The van der Waals surface area contributed by atoms with Gasteiger partial charge in [0.15, 0.2) is 5.82 Å². The second kappa shape index (κ2) is 7.98. The predicted molar refractivity (Wildman–Crippen MR) is 114 cm³/mol. The minimum Gasteiger partial charge on any atom is -0.335 e. The minimum atomic E-state index is -0.399. The maximum absolute atomic E-state index is 14.0. The van der Waals surface area contributed by atoms with E-state index >= 15 is 0 Å². The van der Waals surface area contributed by atoms with E-state index in [1.54, 1.807) is 30.0 Å². The van der Waals surface area contributed by atoms with Crippen LogP contribution in [0.4, 0.5) is 4.39 Å². The van der Waals surface area contributed by atoms with Gasteiger partial charge in [0.1, 0.15) is 11.0 Å². The van der Waals surface area contributed by atoms with Gasteiger partial charge in [-0.05, 0) is 36.6 Å². The van der Waals surface area contributed by atoms with Gasteiger partial charge in [-0.3, -0.25) is 0 Å². The Hall–Kier alpha value is -2.29. The van der Waals surface area contributed by atoms with Gasteiger partial charge in [-0.25, -0.2) is 14.1 Å². The quantitative estimate of drug-likeness (QED) is 0.272. The molecule has 2 aromatic heterocycles. The van der Waals surface area contributed by atoms with E-state index in [1.807, 2.05) is 24.5 Å². The van der Waals surface area contributed by atoms with Gasteiger partial charge in [-0.2, -0.15) is 0 Å². The number of nitrogens with zero attached hydrogens (tertiary/aromatic N) is 4. The number of benzene rings is 2. The van der Waals surface area contributed by atoms with Crippen LogP contribution in [0.3, 0.4) is 0 Å². The van der Waals surface area contributed by atoms with Crippen LogP contribution in [0.1, 0.15) is 5.56 Å². The lowest BCUT2D eigenvalue weighted by atomic mass is 10.2. The van der Waals surface area contributed by atoms with Crippen LogP contribution in [0.2, 0.25) is 5.15 Å². The lowest BCUT2D eigenvalue weighted by Gasteiger charge is -2.07. The third-order valence-electron chi connectivity index (χ3n) is 4.19. The fourth-order valence-corrected chi connectivity index (χ4v) is 4.29. The Kier molecular flexibility index (Phi) is 5.43. The monoisotopic (exact) mass is 431 g/mol. The molecule has 4 aromatic rings. The summed E-state index contributed by atoms with van der Waals surface area (Å²) in [5.74, 6) is 6.47. The smallest absolute Gasteiger partial charge is 0.210 e. The first-order chi connectivity index (χ1) is 13.6. The maximum atomic E-state index is 14.0. The van der Waals surface area contributed by atoms with E-state index in [0.717, 1.165) is 21.4 Å². The zero-order chi connectivity index (χ0) is 19.7. The molecule has 9 heteroatoms. The van der Waals surface area contributed by atoms with Crippen LogP contribution in [-0.2, 0) is 5.75 Å². The Morgan fingerprint density at radius 2 is 1.96 bits per heavy atom. The molecule has 2 aromatic carbocycles. The first-order valence-corrected chi connectivity index (χ1v) is 10.9. The van der Waals surface area contributed by atoms with Gasteiger partial charge in [0, 0.05) is 21.6 Å². The number of hydrogen-bond acceptors (Lipinski definition) is 6. The number of rotatable bonds is 5. The molecule has 5 nitrogen and oxygen atoms in total. The Bertz CT molecular complexity index is 1160. The maximum Gasteiger partial charge on any atom is 0.210 e. The lowest BCUT2D eigenvalue weighted by Crippen LogP contribution is -2.12. The Labute approximate surface area is 174 Å². The molecule has 2 N–H and O–H groups in total. The van der Waals surface area contributed by atoms with Gasteiger partial charge >= 0.3 is 0 Å². The van der Waals surface area contributed by atoms with E-state index in [-0.39, 0.29) is 5.82 Å². The van der Waals surface area contributed by atoms with E-state index in [9.17, 15) is 4.39 Å². The molecular weight excluding hydrogens is 417 g/mol.